The van der Waals surface area contributed by atoms with Crippen molar-refractivity contribution in [2.75, 3.05) is 0 Å². The molecule has 0 aromatic heterocycles. The first-order chi connectivity index (χ1) is 5.49. The molecule has 0 aliphatic heterocycles. The zero-order valence-electron chi connectivity index (χ0n) is 6.01. The van der Waals surface area contributed by atoms with Crippen LogP contribution in [0.25, 0.3) is 0 Å². The Morgan fingerprint density at radius 3 is 2.17 bits per heavy atom. The van der Waals surface area contributed by atoms with Crippen LogP contribution in [0, 0.1) is 0 Å². The Morgan fingerprint density at radius 1 is 1.33 bits per heavy atom. The summed E-state index contributed by atoms with van der Waals surface area (Å²) in [6.07, 6.45) is -4.10. The van der Waals surface area contributed by atoms with Crippen LogP contribution >= 0.6 is 0 Å². The fraction of sp³-hybridized carbons (Fsp3) is 0.500. The summed E-state index contributed by atoms with van der Waals surface area (Å²) in [4.78, 5) is 30.1. The molecule has 0 rings (SSSR count). The molecule has 0 fully saturated rings. The molecule has 2 atom stereocenters. The molecule has 0 aliphatic carbocycles. The molecule has 0 spiro atoms. The molecule has 12 heavy (non-hydrogen) atoms. The molecule has 3 N–H and O–H groups in total. The van der Waals surface area contributed by atoms with Gasteiger partial charge in [0.1, 0.15) is 6.10 Å². The Labute approximate surface area is 67.4 Å². The number of carbonyl (C=O) groups excluding carboxylic acids is 2. The number of Topliss-reactive ketones (excluding diaryl/α,β-unsaturated/α-hetero) is 1. The van der Waals surface area contributed by atoms with Gasteiger partial charge in [0.25, 0.3) is 0 Å². The van der Waals surface area contributed by atoms with Crippen LogP contribution < -0.4 is 0 Å². The topological polar surface area (TPSA) is 112 Å². The van der Waals surface area contributed by atoms with Crippen molar-refractivity contribution < 1.29 is 29.7 Å². The summed E-state index contributed by atoms with van der Waals surface area (Å²) >= 11 is 0. The Bertz CT molecular complexity index is 198. The summed E-state index contributed by atoms with van der Waals surface area (Å²) < 4.78 is 0. The number of aliphatic hydroxyl groups is 2. The smallest absolute Gasteiger partial charge is 0.372 e. The van der Waals surface area contributed by atoms with E-state index in [1.165, 1.54) is 0 Å². The van der Waals surface area contributed by atoms with Crippen molar-refractivity contribution in [2.45, 2.75) is 18.6 Å². The van der Waals surface area contributed by atoms with E-state index in [0.717, 1.165) is 0 Å². The molecule has 6 nitrogen and oxygen atoms in total. The lowest BCUT2D eigenvalue weighted by molar-refractivity contribution is -0.151. The number of aldehydes is 1. The third-order valence-corrected chi connectivity index (χ3v) is 1.17. The van der Waals surface area contributed by atoms with Crippen LogP contribution in [0.1, 0.15) is 6.42 Å². The Morgan fingerprint density at radius 2 is 1.83 bits per heavy atom. The first-order valence-electron chi connectivity index (χ1n) is 3.06. The van der Waals surface area contributed by atoms with Gasteiger partial charge >= 0.3 is 5.97 Å². The largest absolute Gasteiger partial charge is 0.475 e. The summed E-state index contributed by atoms with van der Waals surface area (Å²) in [6.45, 7) is 0. The molecule has 0 amide bonds. The predicted molar refractivity (Wildman–Crippen MR) is 35.3 cm³/mol. The van der Waals surface area contributed by atoms with Gasteiger partial charge in [-0.25, -0.2) is 4.79 Å². The van der Waals surface area contributed by atoms with Gasteiger partial charge in [-0.3, -0.25) is 4.79 Å². The highest BCUT2D eigenvalue weighted by molar-refractivity contribution is 6.32. The molecular weight excluding hydrogens is 168 g/mol. The summed E-state index contributed by atoms with van der Waals surface area (Å²) in [5, 5.41) is 25.4. The molecule has 6 heteroatoms. The van der Waals surface area contributed by atoms with E-state index in [4.69, 9.17) is 15.3 Å². The van der Waals surface area contributed by atoms with Crippen LogP contribution in [0.5, 0.6) is 0 Å². The van der Waals surface area contributed by atoms with E-state index in [0.29, 0.717) is 0 Å². The number of hydrogen-bond acceptors (Lipinski definition) is 5. The number of aliphatic carboxylic acids is 1. The van der Waals surface area contributed by atoms with Crippen LogP contribution in [0.4, 0.5) is 0 Å². The summed E-state index contributed by atoms with van der Waals surface area (Å²) in [7, 11) is 0. The maximum atomic E-state index is 10.4. The lowest BCUT2D eigenvalue weighted by Crippen LogP contribution is -2.31. The van der Waals surface area contributed by atoms with Gasteiger partial charge in [-0.2, -0.15) is 0 Å². The van der Waals surface area contributed by atoms with Gasteiger partial charge in [0.05, 0.1) is 6.10 Å². The highest BCUT2D eigenvalue weighted by atomic mass is 16.4. The van der Waals surface area contributed by atoms with Gasteiger partial charge in [-0.1, -0.05) is 0 Å². The number of carboxylic acids is 1. The van der Waals surface area contributed by atoms with Crippen molar-refractivity contribution in [3.05, 3.63) is 0 Å². The van der Waals surface area contributed by atoms with Gasteiger partial charge in [-0.15, -0.1) is 0 Å². The molecule has 0 aromatic carbocycles. The molecule has 0 aliphatic rings. The molecular formula is C6H8O6. The van der Waals surface area contributed by atoms with E-state index in [1.807, 2.05) is 0 Å². The second-order valence-electron chi connectivity index (χ2n) is 2.13. The first-order valence-corrected chi connectivity index (χ1v) is 3.06. The third kappa shape index (κ3) is 3.22. The fourth-order valence-corrected chi connectivity index (χ4v) is 0.489. The number of ketones is 1. The minimum atomic E-state index is -1.71. The van der Waals surface area contributed by atoms with E-state index in [2.05, 4.69) is 0 Å². The maximum absolute atomic E-state index is 10.4. The van der Waals surface area contributed by atoms with Crippen molar-refractivity contribution >= 4 is 18.0 Å². The zero-order chi connectivity index (χ0) is 9.72. The van der Waals surface area contributed by atoms with Crippen LogP contribution in [-0.4, -0.2) is 45.6 Å². The minimum Gasteiger partial charge on any atom is -0.475 e. The van der Waals surface area contributed by atoms with E-state index in [1.54, 1.807) is 0 Å². The van der Waals surface area contributed by atoms with E-state index >= 15 is 0 Å². The minimum absolute atomic E-state index is 0.0276. The molecule has 0 saturated heterocycles. The standard InChI is InChI=1S/C6H8O6/c7-2-5(10)3(8)1-4(9)6(11)12/h2-3,5,8,10H,1H2,(H,11,12). The monoisotopic (exact) mass is 176 g/mol. The van der Waals surface area contributed by atoms with Crippen molar-refractivity contribution in [3.8, 4) is 0 Å². The molecule has 68 valence electrons. The summed E-state index contributed by atoms with van der Waals surface area (Å²) in [5.74, 6) is -2.95. The highest BCUT2D eigenvalue weighted by Crippen LogP contribution is 1.97. The predicted octanol–water partition coefficient (Wildman–Crippen LogP) is -2.05. The molecule has 0 saturated carbocycles. The molecule has 0 radical (unpaired) electrons. The SMILES string of the molecule is O=CC(O)C(O)CC(=O)C(=O)O. The van der Waals surface area contributed by atoms with Crippen LogP contribution in [-0.2, 0) is 14.4 Å². The van der Waals surface area contributed by atoms with Crippen molar-refractivity contribution in [3.63, 3.8) is 0 Å². The second kappa shape index (κ2) is 4.58. The lowest BCUT2D eigenvalue weighted by atomic mass is 10.1. The quantitative estimate of drug-likeness (QED) is 0.328. The Hall–Kier alpha value is -1.27. The number of carboxylic acid groups (broad SMARTS) is 1. The van der Waals surface area contributed by atoms with Crippen molar-refractivity contribution in [1.82, 2.24) is 0 Å². The second-order valence-corrected chi connectivity index (χ2v) is 2.13. The van der Waals surface area contributed by atoms with Gasteiger partial charge in [0, 0.05) is 6.42 Å². The van der Waals surface area contributed by atoms with Gasteiger partial charge < -0.3 is 20.1 Å². The molecule has 2 unspecified atom stereocenters. The highest BCUT2D eigenvalue weighted by Gasteiger charge is 2.22. The number of aliphatic hydroxyl groups excluding tert-OH is 2. The first kappa shape index (κ1) is 10.7. The Balaban J connectivity index is 4.00. The van der Waals surface area contributed by atoms with Gasteiger partial charge in [0.2, 0.25) is 5.78 Å². The summed E-state index contributed by atoms with van der Waals surface area (Å²) in [6, 6.07) is 0. The van der Waals surface area contributed by atoms with Crippen LogP contribution in [0.2, 0.25) is 0 Å². The Kier molecular flexibility index (Phi) is 4.09. The molecule has 0 heterocycles. The fourth-order valence-electron chi connectivity index (χ4n) is 0.489. The lowest BCUT2D eigenvalue weighted by Gasteiger charge is -2.09. The number of hydrogen-bond donors (Lipinski definition) is 3. The summed E-state index contributed by atoms with van der Waals surface area (Å²) in [5.41, 5.74) is 0. The van der Waals surface area contributed by atoms with Crippen LogP contribution in [0.15, 0.2) is 0 Å². The zero-order valence-corrected chi connectivity index (χ0v) is 6.01. The molecule has 0 bridgehead atoms. The van der Waals surface area contributed by atoms with Crippen molar-refractivity contribution in [2.24, 2.45) is 0 Å². The van der Waals surface area contributed by atoms with Gasteiger partial charge in [0.15, 0.2) is 6.29 Å². The third-order valence-electron chi connectivity index (χ3n) is 1.17. The van der Waals surface area contributed by atoms with Crippen LogP contribution in [0.3, 0.4) is 0 Å². The number of rotatable bonds is 5. The van der Waals surface area contributed by atoms with E-state index < -0.39 is 30.4 Å². The average molecular weight is 176 g/mol. The van der Waals surface area contributed by atoms with E-state index in [9.17, 15) is 14.4 Å². The maximum Gasteiger partial charge on any atom is 0.372 e. The van der Waals surface area contributed by atoms with Crippen molar-refractivity contribution in [1.29, 1.82) is 0 Å². The number of carbonyl (C=O) groups is 3. The normalized spacial score (nSPS) is 14.8. The van der Waals surface area contributed by atoms with E-state index in [-0.39, 0.29) is 6.29 Å². The van der Waals surface area contributed by atoms with Gasteiger partial charge in [-0.05, 0) is 0 Å². The average Bonchev–Trinajstić information content (AvgIpc) is 2.02. The molecule has 0 aromatic rings.